The second kappa shape index (κ2) is 9.13. The Morgan fingerprint density at radius 1 is 1.04 bits per heavy atom. The Bertz CT molecular complexity index is 698. The van der Waals surface area contributed by atoms with Crippen LogP contribution in [0.3, 0.4) is 0 Å². The minimum atomic E-state index is -0.397. The van der Waals surface area contributed by atoms with Gasteiger partial charge >= 0.3 is 5.97 Å². The number of ether oxygens (including phenoxy) is 1. The summed E-state index contributed by atoms with van der Waals surface area (Å²) in [4.78, 5) is 24.1. The van der Waals surface area contributed by atoms with Crippen LogP contribution in [0.5, 0.6) is 0 Å². The van der Waals surface area contributed by atoms with Crippen molar-refractivity contribution in [3.05, 3.63) is 65.2 Å². The molecule has 0 aliphatic heterocycles. The van der Waals surface area contributed by atoms with Crippen LogP contribution in [-0.4, -0.2) is 24.2 Å². The van der Waals surface area contributed by atoms with E-state index in [1.807, 2.05) is 36.0 Å². The summed E-state index contributed by atoms with van der Waals surface area (Å²) in [6.07, 6.45) is 0. The maximum atomic E-state index is 12.3. The van der Waals surface area contributed by atoms with E-state index in [-0.39, 0.29) is 5.91 Å². The molecule has 2 aromatic rings. The molecule has 1 amide bonds. The lowest BCUT2D eigenvalue weighted by atomic mass is 10.1. The highest BCUT2D eigenvalue weighted by Gasteiger charge is 2.10. The molecular formula is C19H21NO3S. The van der Waals surface area contributed by atoms with Gasteiger partial charge in [-0.2, -0.15) is 11.8 Å². The van der Waals surface area contributed by atoms with E-state index in [4.69, 9.17) is 4.74 Å². The summed E-state index contributed by atoms with van der Waals surface area (Å²) < 4.78 is 4.96. The second-order valence-corrected chi connectivity index (χ2v) is 6.36. The molecule has 0 saturated carbocycles. The Morgan fingerprint density at radius 3 is 2.46 bits per heavy atom. The zero-order valence-corrected chi connectivity index (χ0v) is 14.7. The van der Waals surface area contributed by atoms with Crippen LogP contribution in [0.1, 0.15) is 40.1 Å². The Hall–Kier alpha value is -2.27. The second-order valence-electron chi connectivity index (χ2n) is 5.09. The molecule has 2 aromatic carbocycles. The highest BCUT2D eigenvalue weighted by molar-refractivity contribution is 7.98. The van der Waals surface area contributed by atoms with Crippen LogP contribution >= 0.6 is 11.8 Å². The van der Waals surface area contributed by atoms with Crippen molar-refractivity contribution in [2.24, 2.45) is 0 Å². The van der Waals surface area contributed by atoms with Gasteiger partial charge in [-0.3, -0.25) is 4.79 Å². The fourth-order valence-corrected chi connectivity index (χ4v) is 2.75. The lowest BCUT2D eigenvalue weighted by Gasteiger charge is -2.08. The molecule has 24 heavy (non-hydrogen) atoms. The summed E-state index contributed by atoms with van der Waals surface area (Å²) in [6.45, 7) is 4.20. The van der Waals surface area contributed by atoms with E-state index in [1.165, 1.54) is 5.56 Å². The van der Waals surface area contributed by atoms with E-state index in [0.29, 0.717) is 23.4 Å². The first-order valence-corrected chi connectivity index (χ1v) is 9.04. The van der Waals surface area contributed by atoms with Crippen LogP contribution in [0.2, 0.25) is 0 Å². The number of nitrogens with one attached hydrogen (secondary N) is 1. The maximum absolute atomic E-state index is 12.3. The van der Waals surface area contributed by atoms with Crippen LogP contribution in [0, 0.1) is 0 Å². The summed E-state index contributed by atoms with van der Waals surface area (Å²) >= 11 is 1.84. The van der Waals surface area contributed by atoms with Crippen LogP contribution < -0.4 is 5.32 Å². The first-order chi connectivity index (χ1) is 11.6. The van der Waals surface area contributed by atoms with Crippen molar-refractivity contribution in [2.75, 3.05) is 17.7 Å². The average Bonchev–Trinajstić information content (AvgIpc) is 2.61. The molecule has 0 aliphatic rings. The van der Waals surface area contributed by atoms with Crippen molar-refractivity contribution in [3.63, 3.8) is 0 Å². The van der Waals surface area contributed by atoms with Gasteiger partial charge in [-0.25, -0.2) is 4.79 Å². The molecule has 0 atom stereocenters. The quantitative estimate of drug-likeness (QED) is 0.759. The third kappa shape index (κ3) is 5.13. The molecule has 5 heteroatoms. The molecule has 0 aliphatic carbocycles. The molecular weight excluding hydrogens is 322 g/mol. The normalized spacial score (nSPS) is 10.2. The predicted molar refractivity (Wildman–Crippen MR) is 98.6 cm³/mol. The molecule has 1 N–H and O–H groups in total. The SMILES string of the molecule is CCOC(=O)c1cccc(NC(=O)c2ccc(CSCC)cc2)c1. The van der Waals surface area contributed by atoms with Crippen LogP contribution in [0.15, 0.2) is 48.5 Å². The van der Waals surface area contributed by atoms with Crippen molar-refractivity contribution < 1.29 is 14.3 Å². The zero-order valence-electron chi connectivity index (χ0n) is 13.9. The molecule has 126 valence electrons. The number of hydrogen-bond acceptors (Lipinski definition) is 4. The van der Waals surface area contributed by atoms with E-state index >= 15 is 0 Å². The lowest BCUT2D eigenvalue weighted by Crippen LogP contribution is -2.12. The number of carbonyl (C=O) groups excluding carboxylic acids is 2. The molecule has 0 heterocycles. The van der Waals surface area contributed by atoms with Crippen molar-refractivity contribution in [3.8, 4) is 0 Å². The van der Waals surface area contributed by atoms with Crippen LogP contribution in [-0.2, 0) is 10.5 Å². The van der Waals surface area contributed by atoms with Gasteiger partial charge < -0.3 is 10.1 Å². The molecule has 0 spiro atoms. The smallest absolute Gasteiger partial charge is 0.338 e. The fourth-order valence-electron chi connectivity index (χ4n) is 2.11. The number of benzene rings is 2. The van der Waals surface area contributed by atoms with Crippen molar-refractivity contribution in [1.82, 2.24) is 0 Å². The van der Waals surface area contributed by atoms with E-state index in [1.54, 1.807) is 31.2 Å². The van der Waals surface area contributed by atoms with E-state index < -0.39 is 5.97 Å². The van der Waals surface area contributed by atoms with Crippen LogP contribution in [0.25, 0.3) is 0 Å². The van der Waals surface area contributed by atoms with Gasteiger partial charge in [-0.1, -0.05) is 25.1 Å². The molecule has 0 unspecified atom stereocenters. The van der Waals surface area contributed by atoms with Gasteiger partial charge in [0.15, 0.2) is 0 Å². The van der Waals surface area contributed by atoms with Gasteiger partial charge in [0.25, 0.3) is 5.91 Å². The number of amides is 1. The summed E-state index contributed by atoms with van der Waals surface area (Å²) in [6, 6.07) is 14.3. The number of hydrogen-bond donors (Lipinski definition) is 1. The van der Waals surface area contributed by atoms with Gasteiger partial charge in [-0.05, 0) is 48.6 Å². The van der Waals surface area contributed by atoms with E-state index in [9.17, 15) is 9.59 Å². The summed E-state index contributed by atoms with van der Waals surface area (Å²) in [5.41, 5.74) is 2.77. The van der Waals surface area contributed by atoms with Gasteiger partial charge in [0.05, 0.1) is 12.2 Å². The number of anilines is 1. The minimum Gasteiger partial charge on any atom is -0.462 e. The number of rotatable bonds is 7. The Kier molecular flexibility index (Phi) is 6.88. The summed E-state index contributed by atoms with van der Waals surface area (Å²) in [5.74, 6) is 1.41. The van der Waals surface area contributed by atoms with Crippen molar-refractivity contribution >= 4 is 29.3 Å². The Labute approximate surface area is 146 Å². The molecule has 0 radical (unpaired) electrons. The minimum absolute atomic E-state index is 0.203. The standard InChI is InChI=1S/C19H21NO3S/c1-3-23-19(22)16-6-5-7-17(12-16)20-18(21)15-10-8-14(9-11-15)13-24-4-2/h5-12H,3-4,13H2,1-2H3,(H,20,21). The highest BCUT2D eigenvalue weighted by atomic mass is 32.2. The van der Waals surface area contributed by atoms with Crippen molar-refractivity contribution in [2.45, 2.75) is 19.6 Å². The Balaban J connectivity index is 2.04. The first-order valence-electron chi connectivity index (χ1n) is 7.89. The number of thioether (sulfide) groups is 1. The van der Waals surface area contributed by atoms with E-state index in [0.717, 1.165) is 11.5 Å². The Morgan fingerprint density at radius 2 is 1.79 bits per heavy atom. The van der Waals surface area contributed by atoms with Crippen molar-refractivity contribution in [1.29, 1.82) is 0 Å². The largest absolute Gasteiger partial charge is 0.462 e. The number of carbonyl (C=O) groups is 2. The molecule has 2 rings (SSSR count). The monoisotopic (exact) mass is 343 g/mol. The third-order valence-corrected chi connectivity index (χ3v) is 4.27. The van der Waals surface area contributed by atoms with Crippen LogP contribution in [0.4, 0.5) is 5.69 Å². The van der Waals surface area contributed by atoms with Gasteiger partial charge in [0, 0.05) is 17.0 Å². The summed E-state index contributed by atoms with van der Waals surface area (Å²) in [5, 5.41) is 2.81. The van der Waals surface area contributed by atoms with Gasteiger partial charge in [0.1, 0.15) is 0 Å². The maximum Gasteiger partial charge on any atom is 0.338 e. The van der Waals surface area contributed by atoms with E-state index in [2.05, 4.69) is 12.2 Å². The van der Waals surface area contributed by atoms with Gasteiger partial charge in [0.2, 0.25) is 0 Å². The molecule has 0 aromatic heterocycles. The third-order valence-electron chi connectivity index (χ3n) is 3.32. The fraction of sp³-hybridized carbons (Fsp3) is 0.263. The summed E-state index contributed by atoms with van der Waals surface area (Å²) in [7, 11) is 0. The molecule has 4 nitrogen and oxygen atoms in total. The van der Waals surface area contributed by atoms with Gasteiger partial charge in [-0.15, -0.1) is 0 Å². The molecule has 0 saturated heterocycles. The topological polar surface area (TPSA) is 55.4 Å². The molecule has 0 fully saturated rings. The lowest BCUT2D eigenvalue weighted by molar-refractivity contribution is 0.0526. The number of esters is 1. The molecule has 0 bridgehead atoms. The average molecular weight is 343 g/mol. The first kappa shape index (κ1) is 18.1. The zero-order chi connectivity index (χ0) is 17.4. The predicted octanol–water partition coefficient (Wildman–Crippen LogP) is 4.37. The highest BCUT2D eigenvalue weighted by Crippen LogP contribution is 2.15.